The predicted molar refractivity (Wildman–Crippen MR) is 150 cm³/mol. The van der Waals surface area contributed by atoms with Gasteiger partial charge in [-0.25, -0.2) is 9.48 Å². The molecule has 1 fully saturated rings. The molecule has 1 aliphatic carbocycles. The highest BCUT2D eigenvalue weighted by Crippen LogP contribution is 2.45. The van der Waals surface area contributed by atoms with Gasteiger partial charge in [-0.05, 0) is 49.3 Å². The zero-order valence-corrected chi connectivity index (χ0v) is 22.5. The predicted octanol–water partition coefficient (Wildman–Crippen LogP) is 5.50. The van der Waals surface area contributed by atoms with Gasteiger partial charge in [0.2, 0.25) is 0 Å². The van der Waals surface area contributed by atoms with Gasteiger partial charge in [-0.15, -0.1) is 0 Å². The quantitative estimate of drug-likeness (QED) is 0.299. The number of aryl methyl sites for hydroxylation is 1. The van der Waals surface area contributed by atoms with Gasteiger partial charge in [0.15, 0.2) is 0 Å². The average Bonchev–Trinajstić information content (AvgIpc) is 3.63. The first-order valence-electron chi connectivity index (χ1n) is 13.3. The van der Waals surface area contributed by atoms with E-state index in [1.54, 1.807) is 22.7 Å². The minimum atomic E-state index is -0.442. The van der Waals surface area contributed by atoms with Crippen molar-refractivity contribution in [1.82, 2.24) is 24.9 Å². The van der Waals surface area contributed by atoms with E-state index < -0.39 is 6.67 Å². The molecule has 5 rings (SSSR count). The lowest BCUT2D eigenvalue weighted by Crippen LogP contribution is -2.40. The van der Waals surface area contributed by atoms with Gasteiger partial charge in [-0.2, -0.15) is 10.2 Å². The van der Waals surface area contributed by atoms with E-state index in [-0.39, 0.29) is 29.8 Å². The topological polar surface area (TPSA) is 86.0 Å². The van der Waals surface area contributed by atoms with Crippen molar-refractivity contribution in [2.75, 3.05) is 25.7 Å². The summed E-state index contributed by atoms with van der Waals surface area (Å²) in [4.78, 5) is 13.5. The molecule has 0 bridgehead atoms. The number of nitrogens with one attached hydrogen (secondary N) is 2. The Morgan fingerprint density at radius 3 is 2.49 bits per heavy atom. The zero-order valence-electron chi connectivity index (χ0n) is 22.5. The normalized spacial score (nSPS) is 20.7. The molecule has 4 aromatic rings. The van der Waals surface area contributed by atoms with Crippen molar-refractivity contribution in [1.29, 1.82) is 0 Å². The molecule has 0 saturated heterocycles. The lowest BCUT2D eigenvalue weighted by Gasteiger charge is -2.26. The van der Waals surface area contributed by atoms with E-state index in [9.17, 15) is 9.18 Å². The summed E-state index contributed by atoms with van der Waals surface area (Å²) in [5, 5.41) is 15.4. The van der Waals surface area contributed by atoms with E-state index in [0.29, 0.717) is 18.8 Å². The molecule has 0 unspecified atom stereocenters. The van der Waals surface area contributed by atoms with Gasteiger partial charge in [-0.3, -0.25) is 14.4 Å². The fraction of sp³-hybridized carbons (Fsp3) is 0.367. The maximum absolute atomic E-state index is 14.4. The summed E-state index contributed by atoms with van der Waals surface area (Å²) in [7, 11) is 3.52. The number of carbonyl (C=O) groups excluding carboxylic acids is 1. The number of hydrogen-bond donors (Lipinski definition) is 2. The van der Waals surface area contributed by atoms with Crippen molar-refractivity contribution in [3.8, 4) is 16.9 Å². The number of hydrogen-bond acceptors (Lipinski definition) is 4. The zero-order chi connectivity index (χ0) is 27.4. The van der Waals surface area contributed by atoms with Crippen molar-refractivity contribution in [2.45, 2.75) is 31.7 Å². The summed E-state index contributed by atoms with van der Waals surface area (Å²) < 4.78 is 23.2. The van der Waals surface area contributed by atoms with Crippen LogP contribution >= 0.6 is 0 Å². The number of urea groups is 1. The maximum Gasteiger partial charge on any atom is 0.320 e. The lowest BCUT2D eigenvalue weighted by molar-refractivity contribution is 0.158. The van der Waals surface area contributed by atoms with Crippen LogP contribution in [0.5, 0.6) is 0 Å². The van der Waals surface area contributed by atoms with Crippen molar-refractivity contribution >= 4 is 11.8 Å². The van der Waals surface area contributed by atoms with Crippen LogP contribution < -0.4 is 10.6 Å². The third-order valence-electron chi connectivity index (χ3n) is 7.76. The Bertz CT molecular complexity index is 1390. The number of alkyl halides is 1. The highest BCUT2D eigenvalue weighted by atomic mass is 19.1. The third-order valence-corrected chi connectivity index (χ3v) is 7.76. The van der Waals surface area contributed by atoms with Gasteiger partial charge in [0.1, 0.15) is 11.5 Å². The maximum atomic E-state index is 14.4. The summed E-state index contributed by atoms with van der Waals surface area (Å²) in [5.41, 5.74) is 4.29. The second kappa shape index (κ2) is 11.8. The minimum Gasteiger partial charge on any atom is -0.385 e. The highest BCUT2D eigenvalue weighted by molar-refractivity contribution is 5.91. The molecule has 204 valence electrons. The molecule has 39 heavy (non-hydrogen) atoms. The number of methoxy groups -OCH3 is 1. The van der Waals surface area contributed by atoms with E-state index in [0.717, 1.165) is 34.5 Å². The number of rotatable bonds is 9. The molecule has 8 nitrogen and oxygen atoms in total. The summed E-state index contributed by atoms with van der Waals surface area (Å²) in [6, 6.07) is 19.0. The second-order valence-electron chi connectivity index (χ2n) is 10.2. The number of nitrogens with zero attached hydrogens (tertiary/aromatic N) is 4. The minimum absolute atomic E-state index is 0.110. The molecule has 1 saturated carbocycles. The molecule has 4 atom stereocenters. The number of halogens is 1. The molecular formula is C30H35FN6O2. The van der Waals surface area contributed by atoms with E-state index in [1.165, 1.54) is 0 Å². The Labute approximate surface area is 228 Å². The molecule has 2 aromatic carbocycles. The second-order valence-corrected chi connectivity index (χ2v) is 10.2. The first-order valence-corrected chi connectivity index (χ1v) is 13.3. The van der Waals surface area contributed by atoms with Crippen LogP contribution in [0.2, 0.25) is 0 Å². The Kier molecular flexibility index (Phi) is 8.07. The van der Waals surface area contributed by atoms with E-state index >= 15 is 0 Å². The van der Waals surface area contributed by atoms with Crippen LogP contribution in [0.4, 0.5) is 15.0 Å². The Hall–Kier alpha value is -3.98. The summed E-state index contributed by atoms with van der Waals surface area (Å²) in [5.74, 6) is 0.362. The monoisotopic (exact) mass is 530 g/mol. The van der Waals surface area contributed by atoms with Crippen LogP contribution in [-0.4, -0.2) is 52.0 Å². The number of para-hydroxylation sites is 1. The largest absolute Gasteiger partial charge is 0.385 e. The van der Waals surface area contributed by atoms with Gasteiger partial charge >= 0.3 is 6.03 Å². The fourth-order valence-corrected chi connectivity index (χ4v) is 5.89. The average molecular weight is 531 g/mol. The molecule has 1 aliphatic rings. The first-order chi connectivity index (χ1) is 19.0. The first kappa shape index (κ1) is 26.6. The molecule has 2 aromatic heterocycles. The van der Waals surface area contributed by atoms with Crippen LogP contribution in [0.1, 0.15) is 29.9 Å². The SMILES string of the molecule is COCC[C@@H]1C[C@@H](NC(=O)Nc2c(C)c(-c3cnn(C)c3)nn2-c2ccccc2)[C@H](c2ccccc2)[C@H]1CF. The smallest absolute Gasteiger partial charge is 0.320 e. The van der Waals surface area contributed by atoms with Gasteiger partial charge < -0.3 is 10.1 Å². The fourth-order valence-electron chi connectivity index (χ4n) is 5.89. The molecule has 0 aliphatic heterocycles. The van der Waals surface area contributed by atoms with E-state index in [2.05, 4.69) is 15.7 Å². The molecule has 9 heteroatoms. The number of benzene rings is 2. The Morgan fingerprint density at radius 2 is 1.85 bits per heavy atom. The van der Waals surface area contributed by atoms with Gasteiger partial charge in [0.05, 0.1) is 18.6 Å². The highest BCUT2D eigenvalue weighted by Gasteiger charge is 2.44. The summed E-state index contributed by atoms with van der Waals surface area (Å²) >= 11 is 0. The lowest BCUT2D eigenvalue weighted by atomic mass is 9.83. The van der Waals surface area contributed by atoms with Crippen LogP contribution in [0, 0.1) is 18.8 Å². The number of ether oxygens (including phenoxy) is 1. The van der Waals surface area contributed by atoms with Gasteiger partial charge in [0.25, 0.3) is 0 Å². The molecular weight excluding hydrogens is 495 g/mol. The van der Waals surface area contributed by atoms with Crippen LogP contribution in [-0.2, 0) is 11.8 Å². The molecule has 2 amide bonds. The van der Waals surface area contributed by atoms with Crippen LogP contribution in [0.25, 0.3) is 16.9 Å². The number of aromatic nitrogens is 4. The van der Waals surface area contributed by atoms with Crippen molar-refractivity contribution in [2.24, 2.45) is 18.9 Å². The van der Waals surface area contributed by atoms with Gasteiger partial charge in [-0.1, -0.05) is 48.5 Å². The van der Waals surface area contributed by atoms with E-state index in [1.807, 2.05) is 80.8 Å². The molecule has 0 radical (unpaired) electrons. The summed E-state index contributed by atoms with van der Waals surface area (Å²) in [6.07, 6.45) is 5.09. The van der Waals surface area contributed by atoms with Crippen molar-refractivity contribution < 1.29 is 13.9 Å². The molecule has 2 heterocycles. The Morgan fingerprint density at radius 1 is 1.13 bits per heavy atom. The van der Waals surface area contributed by atoms with E-state index in [4.69, 9.17) is 9.84 Å². The van der Waals surface area contributed by atoms with Crippen LogP contribution in [0.3, 0.4) is 0 Å². The standard InChI is InChI=1S/C30H35FN6O2/c1-20-28(23-18-32-36(2)19-23)35-37(24-12-8-5-9-13-24)29(20)34-30(38)33-26-16-22(14-15-39-3)25(17-31)27(26)21-10-6-4-7-11-21/h4-13,18-19,22,25-27H,14-17H2,1-3H3,(H2,33,34,38)/t22-,25+,26-,27-/m1/s1. The number of amides is 2. The van der Waals surface area contributed by atoms with Crippen molar-refractivity contribution in [3.05, 3.63) is 84.2 Å². The van der Waals surface area contributed by atoms with Crippen LogP contribution in [0.15, 0.2) is 73.1 Å². The Balaban J connectivity index is 1.44. The molecule has 0 spiro atoms. The van der Waals surface area contributed by atoms with Crippen molar-refractivity contribution in [3.63, 3.8) is 0 Å². The summed E-state index contributed by atoms with van der Waals surface area (Å²) in [6.45, 7) is 2.06. The van der Waals surface area contributed by atoms with Gasteiger partial charge in [0, 0.05) is 50.0 Å². The number of carbonyl (C=O) groups is 1. The number of anilines is 1. The molecule has 2 N–H and O–H groups in total. The third kappa shape index (κ3) is 5.59.